The summed E-state index contributed by atoms with van der Waals surface area (Å²) in [6.07, 6.45) is 5.23. The smallest absolute Gasteiger partial charge is 0.159 e. The molecule has 1 aliphatic carbocycles. The number of ketones is 1. The molecule has 0 aliphatic heterocycles. The van der Waals surface area contributed by atoms with E-state index >= 15 is 0 Å². The predicted molar refractivity (Wildman–Crippen MR) is 67.1 cm³/mol. The maximum absolute atomic E-state index is 11.3. The molecule has 1 aliphatic rings. The van der Waals surface area contributed by atoms with Gasteiger partial charge in [0.2, 0.25) is 0 Å². The van der Waals surface area contributed by atoms with Crippen LogP contribution in [0.2, 0.25) is 0 Å². The molecule has 0 saturated heterocycles. The van der Waals surface area contributed by atoms with Crippen LogP contribution in [-0.4, -0.2) is 18.9 Å². The molecule has 0 N–H and O–H groups in total. The molecular formula is C14H19NO. The third-order valence-corrected chi connectivity index (χ3v) is 3.53. The molecule has 1 fully saturated rings. The van der Waals surface area contributed by atoms with Crippen molar-refractivity contribution in [3.8, 4) is 0 Å². The van der Waals surface area contributed by atoms with E-state index in [0.29, 0.717) is 6.04 Å². The first kappa shape index (κ1) is 11.2. The van der Waals surface area contributed by atoms with Crippen LogP contribution in [0.15, 0.2) is 24.3 Å². The second kappa shape index (κ2) is 4.69. The molecule has 0 heterocycles. The molecule has 16 heavy (non-hydrogen) atoms. The number of hydrogen-bond donors (Lipinski definition) is 0. The van der Waals surface area contributed by atoms with E-state index < -0.39 is 0 Å². The molecule has 0 bridgehead atoms. The number of anilines is 1. The Labute approximate surface area is 97.3 Å². The van der Waals surface area contributed by atoms with Crippen molar-refractivity contribution in [2.24, 2.45) is 0 Å². The quantitative estimate of drug-likeness (QED) is 0.724. The van der Waals surface area contributed by atoms with Gasteiger partial charge in [0.25, 0.3) is 0 Å². The van der Waals surface area contributed by atoms with E-state index in [0.717, 1.165) is 5.56 Å². The molecule has 0 spiro atoms. The summed E-state index contributed by atoms with van der Waals surface area (Å²) in [6.45, 7) is 1.62. The molecule has 1 saturated carbocycles. The normalized spacial score (nSPS) is 16.4. The van der Waals surface area contributed by atoms with Crippen molar-refractivity contribution >= 4 is 11.5 Å². The van der Waals surface area contributed by atoms with Gasteiger partial charge in [-0.15, -0.1) is 0 Å². The number of carbonyl (C=O) groups is 1. The second-order valence-electron chi connectivity index (χ2n) is 4.66. The molecule has 1 aromatic carbocycles. The summed E-state index contributed by atoms with van der Waals surface area (Å²) in [7, 11) is 2.13. The number of nitrogens with zero attached hydrogens (tertiary/aromatic N) is 1. The Morgan fingerprint density at radius 1 is 1.31 bits per heavy atom. The summed E-state index contributed by atoms with van der Waals surface area (Å²) in [4.78, 5) is 13.6. The largest absolute Gasteiger partial charge is 0.372 e. The highest BCUT2D eigenvalue weighted by molar-refractivity contribution is 5.94. The van der Waals surface area contributed by atoms with Crippen molar-refractivity contribution in [3.63, 3.8) is 0 Å². The highest BCUT2D eigenvalue weighted by atomic mass is 16.1. The summed E-state index contributed by atoms with van der Waals surface area (Å²) in [5.74, 6) is 0.140. The number of benzene rings is 1. The zero-order valence-corrected chi connectivity index (χ0v) is 10.1. The maximum atomic E-state index is 11.3. The van der Waals surface area contributed by atoms with E-state index in [4.69, 9.17) is 0 Å². The predicted octanol–water partition coefficient (Wildman–Crippen LogP) is 3.27. The summed E-state index contributed by atoms with van der Waals surface area (Å²) in [5, 5.41) is 0. The van der Waals surface area contributed by atoms with Crippen LogP contribution in [0.5, 0.6) is 0 Å². The Bertz CT molecular complexity index is 380. The topological polar surface area (TPSA) is 20.3 Å². The van der Waals surface area contributed by atoms with Crippen LogP contribution < -0.4 is 4.90 Å². The minimum Gasteiger partial charge on any atom is -0.372 e. The molecule has 0 aromatic heterocycles. The Morgan fingerprint density at radius 2 is 2.00 bits per heavy atom. The SMILES string of the molecule is CC(=O)c1cccc(N(C)C2CCCC2)c1. The number of rotatable bonds is 3. The summed E-state index contributed by atoms with van der Waals surface area (Å²) in [6, 6.07) is 8.60. The van der Waals surface area contributed by atoms with E-state index in [2.05, 4.69) is 18.0 Å². The Hall–Kier alpha value is -1.31. The van der Waals surface area contributed by atoms with Crippen molar-refractivity contribution < 1.29 is 4.79 Å². The first-order valence-corrected chi connectivity index (χ1v) is 6.02. The summed E-state index contributed by atoms with van der Waals surface area (Å²) < 4.78 is 0. The van der Waals surface area contributed by atoms with Crippen molar-refractivity contribution in [2.75, 3.05) is 11.9 Å². The lowest BCUT2D eigenvalue weighted by Gasteiger charge is -2.26. The summed E-state index contributed by atoms with van der Waals surface area (Å²) >= 11 is 0. The molecule has 0 unspecified atom stereocenters. The molecule has 2 rings (SSSR count). The summed E-state index contributed by atoms with van der Waals surface area (Å²) in [5.41, 5.74) is 1.97. The van der Waals surface area contributed by atoms with Crippen LogP contribution in [0.1, 0.15) is 43.0 Å². The minimum atomic E-state index is 0.140. The van der Waals surface area contributed by atoms with E-state index in [1.54, 1.807) is 6.92 Å². The molecular weight excluding hydrogens is 198 g/mol. The fourth-order valence-electron chi connectivity index (χ4n) is 2.45. The van der Waals surface area contributed by atoms with Gasteiger partial charge < -0.3 is 4.90 Å². The van der Waals surface area contributed by atoms with Gasteiger partial charge in [-0.25, -0.2) is 0 Å². The van der Waals surface area contributed by atoms with Gasteiger partial charge in [-0.2, -0.15) is 0 Å². The molecule has 86 valence electrons. The number of carbonyl (C=O) groups excluding carboxylic acids is 1. The van der Waals surface area contributed by atoms with E-state index in [1.807, 2.05) is 18.2 Å². The number of Topliss-reactive ketones (excluding diaryl/α,β-unsaturated/α-hetero) is 1. The van der Waals surface area contributed by atoms with Crippen LogP contribution in [0, 0.1) is 0 Å². The van der Waals surface area contributed by atoms with Crippen molar-refractivity contribution in [3.05, 3.63) is 29.8 Å². The molecule has 0 atom stereocenters. The fourth-order valence-corrected chi connectivity index (χ4v) is 2.45. The third kappa shape index (κ3) is 2.26. The minimum absolute atomic E-state index is 0.140. The highest BCUT2D eigenvalue weighted by Gasteiger charge is 2.19. The van der Waals surface area contributed by atoms with E-state index in [9.17, 15) is 4.79 Å². The first-order valence-electron chi connectivity index (χ1n) is 6.02. The highest BCUT2D eigenvalue weighted by Crippen LogP contribution is 2.27. The number of hydrogen-bond acceptors (Lipinski definition) is 2. The van der Waals surface area contributed by atoms with E-state index in [-0.39, 0.29) is 5.78 Å². The average Bonchev–Trinajstić information content (AvgIpc) is 2.81. The fraction of sp³-hybridized carbons (Fsp3) is 0.500. The van der Waals surface area contributed by atoms with Gasteiger partial charge in [-0.3, -0.25) is 4.79 Å². The molecule has 2 heteroatoms. The lowest BCUT2D eigenvalue weighted by molar-refractivity contribution is 0.101. The van der Waals surface area contributed by atoms with Crippen molar-refractivity contribution in [1.29, 1.82) is 0 Å². The van der Waals surface area contributed by atoms with Gasteiger partial charge in [0.15, 0.2) is 5.78 Å². The third-order valence-electron chi connectivity index (χ3n) is 3.53. The zero-order valence-electron chi connectivity index (χ0n) is 10.1. The standard InChI is InChI=1S/C14H19NO/c1-11(16)12-6-5-9-14(10-12)15(2)13-7-3-4-8-13/h5-6,9-10,13H,3-4,7-8H2,1-2H3. The van der Waals surface area contributed by atoms with Gasteiger partial charge in [-0.1, -0.05) is 25.0 Å². The Balaban J connectivity index is 2.18. The Morgan fingerprint density at radius 3 is 2.62 bits per heavy atom. The first-order chi connectivity index (χ1) is 7.68. The van der Waals surface area contributed by atoms with Gasteiger partial charge in [0, 0.05) is 24.3 Å². The Kier molecular flexibility index (Phi) is 3.28. The van der Waals surface area contributed by atoms with Crippen LogP contribution in [0.25, 0.3) is 0 Å². The van der Waals surface area contributed by atoms with Crippen molar-refractivity contribution in [2.45, 2.75) is 38.6 Å². The molecule has 1 aromatic rings. The molecule has 0 amide bonds. The lowest BCUT2D eigenvalue weighted by atomic mass is 10.1. The molecule has 2 nitrogen and oxygen atoms in total. The van der Waals surface area contributed by atoms with Crippen molar-refractivity contribution in [1.82, 2.24) is 0 Å². The van der Waals surface area contributed by atoms with Crippen LogP contribution in [-0.2, 0) is 0 Å². The van der Waals surface area contributed by atoms with Gasteiger partial charge >= 0.3 is 0 Å². The zero-order chi connectivity index (χ0) is 11.5. The maximum Gasteiger partial charge on any atom is 0.159 e. The van der Waals surface area contributed by atoms with E-state index in [1.165, 1.54) is 31.4 Å². The van der Waals surface area contributed by atoms with Crippen LogP contribution in [0.4, 0.5) is 5.69 Å². The van der Waals surface area contributed by atoms with Gasteiger partial charge in [0.05, 0.1) is 0 Å². The molecule has 0 radical (unpaired) electrons. The van der Waals surface area contributed by atoms with Crippen LogP contribution >= 0.6 is 0 Å². The van der Waals surface area contributed by atoms with Gasteiger partial charge in [0.1, 0.15) is 0 Å². The van der Waals surface area contributed by atoms with Gasteiger partial charge in [-0.05, 0) is 31.9 Å². The second-order valence-corrected chi connectivity index (χ2v) is 4.66. The average molecular weight is 217 g/mol. The monoisotopic (exact) mass is 217 g/mol. The van der Waals surface area contributed by atoms with Crippen LogP contribution in [0.3, 0.4) is 0 Å². The lowest BCUT2D eigenvalue weighted by Crippen LogP contribution is -2.28.